The van der Waals surface area contributed by atoms with Gasteiger partial charge in [0.15, 0.2) is 8.32 Å². The zero-order chi connectivity index (χ0) is 15.4. The van der Waals surface area contributed by atoms with E-state index in [1.807, 2.05) is 6.92 Å². The smallest absolute Gasteiger partial charge is 0.330 e. The van der Waals surface area contributed by atoms with Crippen LogP contribution >= 0.6 is 0 Å². The first-order chi connectivity index (χ1) is 9.17. The molecular formula is C16H30O3Si. The summed E-state index contributed by atoms with van der Waals surface area (Å²) in [4.78, 5) is 11.6. The summed E-state index contributed by atoms with van der Waals surface area (Å²) in [5.74, 6) is 0.190. The Hall–Kier alpha value is -0.613. The molecule has 0 bridgehead atoms. The largest absolute Gasteiger partial charge is 0.463 e. The SMILES string of the molecule is CCOC(=O)/C=C1\CCCC1CO[Si](C)(C)C(C)(C)C. The highest BCUT2D eigenvalue weighted by molar-refractivity contribution is 6.74. The summed E-state index contributed by atoms with van der Waals surface area (Å²) in [7, 11) is -1.70. The molecule has 1 atom stereocenters. The van der Waals surface area contributed by atoms with E-state index in [-0.39, 0.29) is 11.0 Å². The molecule has 0 saturated heterocycles. The Morgan fingerprint density at radius 2 is 2.05 bits per heavy atom. The highest BCUT2D eigenvalue weighted by Crippen LogP contribution is 2.38. The van der Waals surface area contributed by atoms with Crippen molar-refractivity contribution in [1.29, 1.82) is 0 Å². The summed E-state index contributed by atoms with van der Waals surface area (Å²) >= 11 is 0. The van der Waals surface area contributed by atoms with Gasteiger partial charge in [0.1, 0.15) is 0 Å². The Morgan fingerprint density at radius 3 is 2.60 bits per heavy atom. The molecule has 0 aromatic heterocycles. The van der Waals surface area contributed by atoms with Gasteiger partial charge in [0.25, 0.3) is 0 Å². The van der Waals surface area contributed by atoms with Crippen molar-refractivity contribution in [3.8, 4) is 0 Å². The lowest BCUT2D eigenvalue weighted by atomic mass is 10.0. The fourth-order valence-corrected chi connectivity index (χ4v) is 3.23. The fourth-order valence-electron chi connectivity index (χ4n) is 2.18. The minimum absolute atomic E-state index is 0.207. The molecule has 1 fully saturated rings. The lowest BCUT2D eigenvalue weighted by molar-refractivity contribution is -0.137. The van der Waals surface area contributed by atoms with E-state index in [1.54, 1.807) is 6.08 Å². The van der Waals surface area contributed by atoms with Gasteiger partial charge in [-0.3, -0.25) is 0 Å². The Bertz CT molecular complexity index is 366. The molecule has 1 saturated carbocycles. The Balaban J connectivity index is 2.61. The summed E-state index contributed by atoms with van der Waals surface area (Å²) in [6.45, 7) is 14.3. The molecule has 1 aliphatic rings. The van der Waals surface area contributed by atoms with Crippen molar-refractivity contribution in [2.45, 2.75) is 65.1 Å². The van der Waals surface area contributed by atoms with E-state index in [1.165, 1.54) is 5.57 Å². The van der Waals surface area contributed by atoms with Gasteiger partial charge in [-0.25, -0.2) is 4.79 Å². The number of hydrogen-bond acceptors (Lipinski definition) is 3. The number of carbonyl (C=O) groups is 1. The van der Waals surface area contributed by atoms with Gasteiger partial charge >= 0.3 is 5.97 Å². The molecule has 116 valence electrons. The molecule has 0 amide bonds. The summed E-state index contributed by atoms with van der Waals surface area (Å²) < 4.78 is 11.3. The Kier molecular flexibility index (Phi) is 6.01. The second-order valence-electron chi connectivity index (χ2n) is 7.13. The van der Waals surface area contributed by atoms with Crippen LogP contribution in [0.5, 0.6) is 0 Å². The van der Waals surface area contributed by atoms with Crippen molar-refractivity contribution < 1.29 is 14.0 Å². The van der Waals surface area contributed by atoms with Crippen molar-refractivity contribution >= 4 is 14.3 Å². The predicted molar refractivity (Wildman–Crippen MR) is 85.2 cm³/mol. The second kappa shape index (κ2) is 6.90. The standard InChI is InChI=1S/C16H30O3Si/c1-7-18-15(17)11-13-9-8-10-14(13)12-19-20(5,6)16(2,3)4/h11,14H,7-10,12H2,1-6H3/b13-11+. The maximum absolute atomic E-state index is 11.6. The number of rotatable bonds is 5. The molecule has 1 aliphatic carbocycles. The Morgan fingerprint density at radius 1 is 1.40 bits per heavy atom. The van der Waals surface area contributed by atoms with Gasteiger partial charge in [-0.05, 0) is 44.3 Å². The van der Waals surface area contributed by atoms with Gasteiger partial charge in [-0.15, -0.1) is 0 Å². The van der Waals surface area contributed by atoms with Crippen LogP contribution in [0.3, 0.4) is 0 Å². The van der Waals surface area contributed by atoms with Gasteiger partial charge in [-0.2, -0.15) is 0 Å². The first kappa shape index (κ1) is 17.4. The van der Waals surface area contributed by atoms with E-state index in [0.717, 1.165) is 25.9 Å². The number of hydrogen-bond donors (Lipinski definition) is 0. The molecule has 1 rings (SSSR count). The molecule has 0 heterocycles. The number of carbonyl (C=O) groups excluding carboxylic acids is 1. The molecule has 4 heteroatoms. The van der Waals surface area contributed by atoms with Crippen molar-refractivity contribution in [2.24, 2.45) is 5.92 Å². The lowest BCUT2D eigenvalue weighted by Crippen LogP contribution is -2.41. The zero-order valence-electron chi connectivity index (χ0n) is 13.9. The van der Waals surface area contributed by atoms with Crippen LogP contribution in [-0.2, 0) is 14.0 Å². The first-order valence-corrected chi connectivity index (χ1v) is 10.6. The second-order valence-corrected chi connectivity index (χ2v) is 11.9. The van der Waals surface area contributed by atoms with Crippen LogP contribution in [0.4, 0.5) is 0 Å². The highest BCUT2D eigenvalue weighted by Gasteiger charge is 2.38. The number of esters is 1. The predicted octanol–water partition coefficient (Wildman–Crippen LogP) is 4.30. The average Bonchev–Trinajstić information content (AvgIpc) is 2.72. The minimum Gasteiger partial charge on any atom is -0.463 e. The summed E-state index contributed by atoms with van der Waals surface area (Å²) in [5.41, 5.74) is 1.21. The monoisotopic (exact) mass is 298 g/mol. The van der Waals surface area contributed by atoms with Crippen LogP contribution in [0.25, 0.3) is 0 Å². The van der Waals surface area contributed by atoms with E-state index in [4.69, 9.17) is 9.16 Å². The van der Waals surface area contributed by atoms with Crippen LogP contribution in [0.2, 0.25) is 18.1 Å². The van der Waals surface area contributed by atoms with Gasteiger partial charge < -0.3 is 9.16 Å². The number of ether oxygens (including phenoxy) is 1. The van der Waals surface area contributed by atoms with Gasteiger partial charge in [-0.1, -0.05) is 26.3 Å². The summed E-state index contributed by atoms with van der Waals surface area (Å²) in [6, 6.07) is 0. The van der Waals surface area contributed by atoms with Crippen molar-refractivity contribution in [3.63, 3.8) is 0 Å². The van der Waals surface area contributed by atoms with Gasteiger partial charge in [0, 0.05) is 18.6 Å². The molecule has 0 radical (unpaired) electrons. The van der Waals surface area contributed by atoms with Crippen molar-refractivity contribution in [1.82, 2.24) is 0 Å². The minimum atomic E-state index is -1.70. The fraction of sp³-hybridized carbons (Fsp3) is 0.812. The topological polar surface area (TPSA) is 35.5 Å². The van der Waals surface area contributed by atoms with Crippen LogP contribution in [0.15, 0.2) is 11.6 Å². The quantitative estimate of drug-likeness (QED) is 0.431. The Labute approximate surface area is 124 Å². The first-order valence-electron chi connectivity index (χ1n) is 7.68. The normalized spacial score (nSPS) is 22.3. The molecule has 0 aliphatic heterocycles. The van der Waals surface area contributed by atoms with E-state index in [2.05, 4.69) is 33.9 Å². The van der Waals surface area contributed by atoms with Crippen LogP contribution in [-0.4, -0.2) is 27.5 Å². The van der Waals surface area contributed by atoms with E-state index in [9.17, 15) is 4.79 Å². The van der Waals surface area contributed by atoms with E-state index >= 15 is 0 Å². The maximum Gasteiger partial charge on any atom is 0.330 e. The van der Waals surface area contributed by atoms with Gasteiger partial charge in [0.2, 0.25) is 0 Å². The molecule has 0 N–H and O–H groups in total. The van der Waals surface area contributed by atoms with Crippen LogP contribution in [0, 0.1) is 5.92 Å². The molecule has 1 unspecified atom stereocenters. The third-order valence-corrected chi connectivity index (χ3v) is 9.08. The molecule has 0 aromatic carbocycles. The van der Waals surface area contributed by atoms with E-state index < -0.39 is 8.32 Å². The van der Waals surface area contributed by atoms with Crippen LogP contribution in [0.1, 0.15) is 47.0 Å². The average molecular weight is 298 g/mol. The highest BCUT2D eigenvalue weighted by atomic mass is 28.4. The summed E-state index contributed by atoms with van der Waals surface area (Å²) in [5, 5.41) is 0.233. The maximum atomic E-state index is 11.6. The zero-order valence-corrected chi connectivity index (χ0v) is 14.9. The van der Waals surface area contributed by atoms with Crippen molar-refractivity contribution in [3.05, 3.63) is 11.6 Å². The van der Waals surface area contributed by atoms with Crippen LogP contribution < -0.4 is 0 Å². The summed E-state index contributed by atoms with van der Waals surface area (Å²) in [6.07, 6.45) is 4.97. The molecule has 3 nitrogen and oxygen atoms in total. The molecular weight excluding hydrogens is 268 g/mol. The van der Waals surface area contributed by atoms with Crippen molar-refractivity contribution in [2.75, 3.05) is 13.2 Å². The lowest BCUT2D eigenvalue weighted by Gasteiger charge is -2.37. The van der Waals surface area contributed by atoms with Gasteiger partial charge in [0.05, 0.1) is 6.61 Å². The molecule has 0 spiro atoms. The third-order valence-electron chi connectivity index (χ3n) is 4.58. The third kappa shape index (κ3) is 4.74. The molecule has 20 heavy (non-hydrogen) atoms. The molecule has 0 aromatic rings. The van der Waals surface area contributed by atoms with E-state index in [0.29, 0.717) is 12.5 Å².